The molecule has 0 saturated heterocycles. The Labute approximate surface area is 126 Å². The van der Waals surface area contributed by atoms with Crippen molar-refractivity contribution in [2.45, 2.75) is 26.0 Å². The predicted octanol–water partition coefficient (Wildman–Crippen LogP) is 2.73. The van der Waals surface area contributed by atoms with Crippen molar-refractivity contribution in [2.24, 2.45) is 0 Å². The van der Waals surface area contributed by atoms with Crippen LogP contribution in [0.5, 0.6) is 5.75 Å². The number of benzene rings is 1. The van der Waals surface area contributed by atoms with Crippen molar-refractivity contribution in [3.05, 3.63) is 40.1 Å². The number of ether oxygens (including phenoxy) is 1. The first-order chi connectivity index (χ1) is 9.58. The molecule has 3 N–H and O–H groups in total. The van der Waals surface area contributed by atoms with E-state index in [0.717, 1.165) is 10.9 Å². The number of hydrogen-bond donors (Lipinski definition) is 2. The highest BCUT2D eigenvalue weighted by Gasteiger charge is 2.23. The fourth-order valence-electron chi connectivity index (χ4n) is 2.13. The van der Waals surface area contributed by atoms with Gasteiger partial charge < -0.3 is 15.6 Å². The van der Waals surface area contributed by atoms with Crippen LogP contribution in [0, 0.1) is 0 Å². The van der Waals surface area contributed by atoms with E-state index in [1.165, 1.54) is 0 Å². The summed E-state index contributed by atoms with van der Waals surface area (Å²) in [7, 11) is 1.56. The van der Waals surface area contributed by atoms with Gasteiger partial charge in [-0.2, -0.15) is 5.10 Å². The molecule has 1 aromatic carbocycles. The monoisotopic (exact) mass is 339 g/mol. The molecule has 0 spiro atoms. The van der Waals surface area contributed by atoms with Crippen LogP contribution in [-0.2, 0) is 6.54 Å². The number of nitrogens with zero attached hydrogens (tertiary/aromatic N) is 2. The topological polar surface area (TPSA) is 73.3 Å². The number of aliphatic hydroxyl groups is 1. The van der Waals surface area contributed by atoms with Crippen LogP contribution >= 0.6 is 15.9 Å². The third kappa shape index (κ3) is 2.81. The molecule has 1 unspecified atom stereocenters. The molecule has 108 valence electrons. The van der Waals surface area contributed by atoms with Crippen molar-refractivity contribution in [2.75, 3.05) is 12.8 Å². The summed E-state index contributed by atoms with van der Waals surface area (Å²) in [6.45, 7) is 2.77. The maximum atomic E-state index is 10.7. The van der Waals surface area contributed by atoms with Crippen LogP contribution in [-0.4, -0.2) is 22.0 Å². The minimum Gasteiger partial charge on any atom is -0.493 e. The summed E-state index contributed by atoms with van der Waals surface area (Å²) in [6, 6.07) is 5.41. The van der Waals surface area contributed by atoms with Gasteiger partial charge in [0, 0.05) is 22.3 Å². The van der Waals surface area contributed by atoms with Gasteiger partial charge in [0.25, 0.3) is 0 Å². The van der Waals surface area contributed by atoms with Gasteiger partial charge in [-0.25, -0.2) is 0 Å². The maximum absolute atomic E-state index is 10.7. The van der Waals surface area contributed by atoms with E-state index in [4.69, 9.17) is 10.5 Å². The average molecular weight is 340 g/mol. The lowest BCUT2D eigenvalue weighted by atomic mass is 10.0. The summed E-state index contributed by atoms with van der Waals surface area (Å²) < 4.78 is 7.91. The Hall–Kier alpha value is -1.53. The number of aryl methyl sites for hydroxylation is 1. The second-order valence-corrected chi connectivity index (χ2v) is 5.41. The number of nitrogen functional groups attached to an aromatic ring is 1. The highest BCUT2D eigenvalue weighted by Crippen LogP contribution is 2.34. The Morgan fingerprint density at radius 1 is 1.50 bits per heavy atom. The highest BCUT2D eigenvalue weighted by atomic mass is 79.9. The van der Waals surface area contributed by atoms with Crippen LogP contribution < -0.4 is 10.5 Å². The Balaban J connectivity index is 2.48. The molecule has 0 bridgehead atoms. The molecule has 6 heteroatoms. The lowest BCUT2D eigenvalue weighted by Crippen LogP contribution is -2.12. The predicted molar refractivity (Wildman–Crippen MR) is 81.7 cm³/mol. The van der Waals surface area contributed by atoms with Crippen molar-refractivity contribution in [1.29, 1.82) is 0 Å². The van der Waals surface area contributed by atoms with E-state index in [9.17, 15) is 5.11 Å². The molecule has 0 saturated carbocycles. The first-order valence-electron chi connectivity index (χ1n) is 6.41. The molecule has 0 aliphatic heterocycles. The molecular weight excluding hydrogens is 322 g/mol. The fraction of sp³-hybridized carbons (Fsp3) is 0.357. The standard InChI is InChI=1S/C14H18BrN3O2/c1-3-6-18-13(12(20-2)8-17-18)14(19)10-7-9(15)4-5-11(10)16/h4-5,7-8,14,19H,3,6,16H2,1-2H3. The zero-order valence-corrected chi connectivity index (χ0v) is 13.1. The van der Waals surface area contributed by atoms with E-state index >= 15 is 0 Å². The van der Waals surface area contributed by atoms with Crippen LogP contribution in [0.15, 0.2) is 28.9 Å². The summed E-state index contributed by atoms with van der Waals surface area (Å²) in [6.07, 6.45) is 1.65. The molecule has 20 heavy (non-hydrogen) atoms. The molecule has 0 fully saturated rings. The van der Waals surface area contributed by atoms with Crippen molar-refractivity contribution >= 4 is 21.6 Å². The Morgan fingerprint density at radius 2 is 2.25 bits per heavy atom. The molecule has 0 aliphatic carbocycles. The number of halogens is 1. The fourth-order valence-corrected chi connectivity index (χ4v) is 2.51. The van der Waals surface area contributed by atoms with Crippen molar-refractivity contribution in [1.82, 2.24) is 9.78 Å². The zero-order chi connectivity index (χ0) is 14.7. The minimum atomic E-state index is -0.878. The normalized spacial score (nSPS) is 12.4. The lowest BCUT2D eigenvalue weighted by Gasteiger charge is -2.17. The third-order valence-corrected chi connectivity index (χ3v) is 3.60. The highest BCUT2D eigenvalue weighted by molar-refractivity contribution is 9.10. The number of aromatic nitrogens is 2. The number of methoxy groups -OCH3 is 1. The summed E-state index contributed by atoms with van der Waals surface area (Å²) >= 11 is 3.39. The van der Waals surface area contributed by atoms with Crippen LogP contribution in [0.25, 0.3) is 0 Å². The molecule has 2 aromatic rings. The molecule has 1 aromatic heterocycles. The molecule has 5 nitrogen and oxygen atoms in total. The van der Waals surface area contributed by atoms with Crippen molar-refractivity contribution in [3.8, 4) is 5.75 Å². The van der Waals surface area contributed by atoms with E-state index in [1.54, 1.807) is 24.1 Å². The first-order valence-corrected chi connectivity index (χ1v) is 7.20. The summed E-state index contributed by atoms with van der Waals surface area (Å²) in [4.78, 5) is 0. The van der Waals surface area contributed by atoms with Crippen LogP contribution in [0.2, 0.25) is 0 Å². The maximum Gasteiger partial charge on any atom is 0.163 e. The average Bonchev–Trinajstić information content (AvgIpc) is 2.84. The number of nitrogens with two attached hydrogens (primary N) is 1. The lowest BCUT2D eigenvalue weighted by molar-refractivity contribution is 0.202. The SMILES string of the molecule is CCCn1ncc(OC)c1C(O)c1cc(Br)ccc1N. The van der Waals surface area contributed by atoms with E-state index in [2.05, 4.69) is 28.0 Å². The van der Waals surface area contributed by atoms with Gasteiger partial charge in [-0.05, 0) is 24.6 Å². The largest absolute Gasteiger partial charge is 0.493 e. The molecule has 0 radical (unpaired) electrons. The second kappa shape index (κ2) is 6.28. The van der Waals surface area contributed by atoms with Crippen LogP contribution in [0.3, 0.4) is 0 Å². The van der Waals surface area contributed by atoms with Crippen molar-refractivity contribution in [3.63, 3.8) is 0 Å². The van der Waals surface area contributed by atoms with Gasteiger partial charge in [0.1, 0.15) is 11.8 Å². The Morgan fingerprint density at radius 3 is 2.90 bits per heavy atom. The van der Waals surface area contributed by atoms with Gasteiger partial charge >= 0.3 is 0 Å². The van der Waals surface area contributed by atoms with E-state index in [-0.39, 0.29) is 0 Å². The van der Waals surface area contributed by atoms with Crippen LogP contribution in [0.1, 0.15) is 30.7 Å². The summed E-state index contributed by atoms with van der Waals surface area (Å²) in [5.41, 5.74) is 7.75. The summed E-state index contributed by atoms with van der Waals surface area (Å²) in [5.74, 6) is 0.560. The first kappa shape index (κ1) is 14.9. The molecule has 1 atom stereocenters. The molecule has 1 heterocycles. The number of hydrogen-bond acceptors (Lipinski definition) is 4. The van der Waals surface area contributed by atoms with E-state index in [0.29, 0.717) is 29.2 Å². The third-order valence-electron chi connectivity index (χ3n) is 3.10. The van der Waals surface area contributed by atoms with Gasteiger partial charge in [0.15, 0.2) is 5.75 Å². The Kier molecular flexibility index (Phi) is 4.67. The van der Waals surface area contributed by atoms with E-state index in [1.807, 2.05) is 12.1 Å². The molecule has 0 amide bonds. The van der Waals surface area contributed by atoms with Crippen molar-refractivity contribution < 1.29 is 9.84 Å². The quantitative estimate of drug-likeness (QED) is 0.821. The zero-order valence-electron chi connectivity index (χ0n) is 11.5. The van der Waals surface area contributed by atoms with Gasteiger partial charge in [0.2, 0.25) is 0 Å². The number of anilines is 1. The van der Waals surface area contributed by atoms with Gasteiger partial charge in [0.05, 0.1) is 13.3 Å². The Bertz CT molecular complexity index is 598. The van der Waals surface area contributed by atoms with E-state index < -0.39 is 6.10 Å². The van der Waals surface area contributed by atoms with Gasteiger partial charge in [-0.3, -0.25) is 4.68 Å². The van der Waals surface area contributed by atoms with Gasteiger partial charge in [-0.15, -0.1) is 0 Å². The number of rotatable bonds is 5. The smallest absolute Gasteiger partial charge is 0.163 e. The second-order valence-electron chi connectivity index (χ2n) is 4.50. The minimum absolute atomic E-state index is 0.534. The molecular formula is C14H18BrN3O2. The molecule has 0 aliphatic rings. The number of aliphatic hydroxyl groups excluding tert-OH is 1. The van der Waals surface area contributed by atoms with Gasteiger partial charge in [-0.1, -0.05) is 22.9 Å². The van der Waals surface area contributed by atoms with Crippen LogP contribution in [0.4, 0.5) is 5.69 Å². The molecule has 2 rings (SSSR count). The summed E-state index contributed by atoms with van der Waals surface area (Å²) in [5, 5.41) is 14.9.